The van der Waals surface area contributed by atoms with Gasteiger partial charge in [-0.2, -0.15) is 0 Å². The molecule has 0 fully saturated rings. The first-order valence-electron chi connectivity index (χ1n) is 11.8. The summed E-state index contributed by atoms with van der Waals surface area (Å²) in [5.41, 5.74) is 1.92. The number of fused-ring (bicyclic) bond motifs is 1. The number of thiazole rings is 1. The Morgan fingerprint density at radius 2 is 1.92 bits per heavy atom. The number of carbonyl (C=O) groups is 1. The zero-order valence-corrected chi connectivity index (χ0v) is 23.9. The molecule has 0 N–H and O–H groups in total. The third-order valence-electron chi connectivity index (χ3n) is 5.93. The first-order chi connectivity index (χ1) is 18.3. The Morgan fingerprint density at radius 1 is 1.21 bits per heavy atom. The van der Waals surface area contributed by atoms with Crippen molar-refractivity contribution in [3.63, 3.8) is 0 Å². The highest BCUT2D eigenvalue weighted by atomic mass is 79.9. The maximum absolute atomic E-state index is 13.9. The lowest BCUT2D eigenvalue weighted by atomic mass is 9.93. The summed E-state index contributed by atoms with van der Waals surface area (Å²) in [7, 11) is 3.74. The number of ether oxygens (including phenoxy) is 1. The predicted octanol–water partition coefficient (Wildman–Crippen LogP) is 5.01. The maximum atomic E-state index is 13.9. The Balaban J connectivity index is 1.80. The maximum Gasteiger partial charge on any atom is 0.338 e. The lowest BCUT2D eigenvalue weighted by molar-refractivity contribution is -0.138. The molecule has 10 heteroatoms. The molecule has 7 nitrogen and oxygen atoms in total. The van der Waals surface area contributed by atoms with Gasteiger partial charge in [-0.1, -0.05) is 65.4 Å². The molecule has 2 aromatic heterocycles. The number of nitrogens with zero attached hydrogens (tertiary/aromatic N) is 3. The van der Waals surface area contributed by atoms with E-state index in [0.29, 0.717) is 37.3 Å². The minimum atomic E-state index is -0.763. The second kappa shape index (κ2) is 10.8. The van der Waals surface area contributed by atoms with Crippen molar-refractivity contribution >= 4 is 62.5 Å². The van der Waals surface area contributed by atoms with Gasteiger partial charge in [0.1, 0.15) is 5.76 Å². The standard InChI is InChI=1S/C28H23BrClN3O4S/c1-4-36-27(35)22-23(16-8-6-5-7-9-16)31-28-33(24(22)17-10-12-18(30)13-11-17)25(34)21(38-28)15-19-14-20(29)26(37-19)32(2)3/h5-15,24H,4H2,1-3H3/b21-15+/t24-/m0/s1. The molecule has 0 radical (unpaired) electrons. The first kappa shape index (κ1) is 26.2. The molecule has 0 spiro atoms. The summed E-state index contributed by atoms with van der Waals surface area (Å²) in [5.74, 6) is 0.621. The van der Waals surface area contributed by atoms with E-state index in [4.69, 9.17) is 25.7 Å². The molecule has 0 saturated carbocycles. The number of esters is 1. The Morgan fingerprint density at radius 3 is 2.55 bits per heavy atom. The zero-order chi connectivity index (χ0) is 27.0. The molecule has 1 aliphatic rings. The average Bonchev–Trinajstić information content (AvgIpc) is 3.43. The molecule has 0 saturated heterocycles. The van der Waals surface area contributed by atoms with Crippen molar-refractivity contribution in [2.75, 3.05) is 25.6 Å². The quantitative estimate of drug-likeness (QED) is 0.286. The number of hydrogen-bond donors (Lipinski definition) is 0. The molecule has 4 aromatic rings. The smallest absolute Gasteiger partial charge is 0.338 e. The van der Waals surface area contributed by atoms with Crippen LogP contribution in [0.1, 0.15) is 29.9 Å². The molecule has 2 aromatic carbocycles. The van der Waals surface area contributed by atoms with Crippen molar-refractivity contribution in [2.45, 2.75) is 13.0 Å². The fourth-order valence-electron chi connectivity index (χ4n) is 4.28. The van der Waals surface area contributed by atoms with Gasteiger partial charge in [0.2, 0.25) is 5.88 Å². The van der Waals surface area contributed by atoms with Gasteiger partial charge in [-0.05, 0) is 40.5 Å². The zero-order valence-electron chi connectivity index (χ0n) is 20.8. The van der Waals surface area contributed by atoms with Crippen molar-refractivity contribution in [1.82, 2.24) is 4.57 Å². The number of hydrogen-bond acceptors (Lipinski definition) is 7. The molecule has 1 atom stereocenters. The number of carbonyl (C=O) groups excluding carboxylic acids is 1. The molecule has 38 heavy (non-hydrogen) atoms. The van der Waals surface area contributed by atoms with E-state index in [1.54, 1.807) is 29.7 Å². The lowest BCUT2D eigenvalue weighted by Gasteiger charge is -2.25. The summed E-state index contributed by atoms with van der Waals surface area (Å²) >= 11 is 10.9. The van der Waals surface area contributed by atoms with Crippen molar-refractivity contribution in [2.24, 2.45) is 4.99 Å². The second-order valence-electron chi connectivity index (χ2n) is 8.68. The van der Waals surface area contributed by atoms with Gasteiger partial charge >= 0.3 is 5.97 Å². The Kier molecular flexibility index (Phi) is 7.43. The Hall–Kier alpha value is -3.40. The van der Waals surface area contributed by atoms with Crippen molar-refractivity contribution in [3.05, 3.63) is 112 Å². The number of anilines is 1. The second-order valence-corrected chi connectivity index (χ2v) is 11.0. The van der Waals surface area contributed by atoms with Crippen LogP contribution in [0.3, 0.4) is 0 Å². The predicted molar refractivity (Wildman–Crippen MR) is 153 cm³/mol. The van der Waals surface area contributed by atoms with E-state index < -0.39 is 12.0 Å². The van der Waals surface area contributed by atoms with E-state index in [-0.39, 0.29) is 17.7 Å². The summed E-state index contributed by atoms with van der Waals surface area (Å²) in [5, 5.41) is 0.547. The van der Waals surface area contributed by atoms with Crippen LogP contribution in [0.25, 0.3) is 11.8 Å². The van der Waals surface area contributed by atoms with Crippen LogP contribution in [0.15, 0.2) is 84.9 Å². The molecule has 0 unspecified atom stereocenters. The van der Waals surface area contributed by atoms with Crippen LogP contribution in [0.4, 0.5) is 5.88 Å². The summed E-state index contributed by atoms with van der Waals surface area (Å²) in [4.78, 5) is 34.5. The molecule has 0 aliphatic carbocycles. The van der Waals surface area contributed by atoms with Crippen molar-refractivity contribution in [3.8, 4) is 0 Å². The topological polar surface area (TPSA) is 77.0 Å². The molecule has 0 bridgehead atoms. The van der Waals surface area contributed by atoms with Crippen LogP contribution in [-0.4, -0.2) is 31.2 Å². The highest BCUT2D eigenvalue weighted by Crippen LogP contribution is 2.35. The third kappa shape index (κ3) is 4.89. The van der Waals surface area contributed by atoms with Crippen LogP contribution in [0.2, 0.25) is 5.02 Å². The highest BCUT2D eigenvalue weighted by molar-refractivity contribution is 9.10. The molecular formula is C28H23BrClN3O4S. The molecule has 5 rings (SSSR count). The number of rotatable bonds is 6. The molecule has 194 valence electrons. The summed E-state index contributed by atoms with van der Waals surface area (Å²) < 4.78 is 14.1. The minimum Gasteiger partial charge on any atom is -0.463 e. The van der Waals surface area contributed by atoms with Crippen molar-refractivity contribution < 1.29 is 13.9 Å². The monoisotopic (exact) mass is 611 g/mol. The largest absolute Gasteiger partial charge is 0.463 e. The van der Waals surface area contributed by atoms with Gasteiger partial charge in [-0.3, -0.25) is 9.36 Å². The van der Waals surface area contributed by atoms with Crippen LogP contribution < -0.4 is 19.8 Å². The molecule has 1 aliphatic heterocycles. The van der Waals surface area contributed by atoms with Gasteiger partial charge in [0.05, 0.1) is 32.9 Å². The van der Waals surface area contributed by atoms with Crippen LogP contribution in [-0.2, 0) is 9.53 Å². The van der Waals surface area contributed by atoms with E-state index in [1.165, 1.54) is 11.3 Å². The van der Waals surface area contributed by atoms with E-state index in [2.05, 4.69) is 15.9 Å². The minimum absolute atomic E-state index is 0.184. The van der Waals surface area contributed by atoms with Gasteiger partial charge in [-0.25, -0.2) is 9.79 Å². The average molecular weight is 613 g/mol. The fourth-order valence-corrected chi connectivity index (χ4v) is 6.05. The Bertz CT molecular complexity index is 1720. The third-order valence-corrected chi connectivity index (χ3v) is 7.73. The van der Waals surface area contributed by atoms with Crippen LogP contribution in [0.5, 0.6) is 0 Å². The SMILES string of the molecule is CCOC(=O)C1=C(c2ccccc2)N=c2s/c(=C/c3cc(Br)c(N(C)C)o3)c(=O)n2[C@H]1c1ccc(Cl)cc1. The highest BCUT2D eigenvalue weighted by Gasteiger charge is 2.35. The summed E-state index contributed by atoms with van der Waals surface area (Å²) in [6.07, 6.45) is 1.69. The molecule has 0 amide bonds. The van der Waals surface area contributed by atoms with Crippen LogP contribution in [0, 0.1) is 0 Å². The summed E-state index contributed by atoms with van der Waals surface area (Å²) in [6.45, 7) is 1.93. The number of halogens is 2. The van der Waals surface area contributed by atoms with Gasteiger partial charge in [0.25, 0.3) is 5.56 Å². The van der Waals surface area contributed by atoms with Gasteiger partial charge < -0.3 is 14.1 Å². The van der Waals surface area contributed by atoms with E-state index >= 15 is 0 Å². The number of benzene rings is 2. The van der Waals surface area contributed by atoms with Crippen LogP contribution >= 0.6 is 38.9 Å². The van der Waals surface area contributed by atoms with E-state index in [9.17, 15) is 9.59 Å². The van der Waals surface area contributed by atoms with Gasteiger partial charge in [-0.15, -0.1) is 0 Å². The number of furan rings is 1. The van der Waals surface area contributed by atoms with Gasteiger partial charge in [0.15, 0.2) is 4.80 Å². The molecule has 3 heterocycles. The Labute approximate surface area is 236 Å². The van der Waals surface area contributed by atoms with Crippen molar-refractivity contribution in [1.29, 1.82) is 0 Å². The number of aromatic nitrogens is 1. The fraction of sp³-hybridized carbons (Fsp3) is 0.179. The molecular weight excluding hydrogens is 590 g/mol. The summed E-state index contributed by atoms with van der Waals surface area (Å²) in [6, 6.07) is 17.6. The van der Waals surface area contributed by atoms with E-state index in [1.807, 2.05) is 67.5 Å². The normalized spacial score (nSPS) is 15.3. The lowest BCUT2D eigenvalue weighted by Crippen LogP contribution is -2.40. The van der Waals surface area contributed by atoms with E-state index in [0.717, 1.165) is 10.0 Å². The first-order valence-corrected chi connectivity index (χ1v) is 13.8. The van der Waals surface area contributed by atoms with Gasteiger partial charge in [0, 0.05) is 36.8 Å².